The van der Waals surface area contributed by atoms with Crippen LogP contribution in [-0.2, 0) is 6.54 Å². The Morgan fingerprint density at radius 1 is 1.29 bits per heavy atom. The summed E-state index contributed by atoms with van der Waals surface area (Å²) in [5, 5.41) is 14.7. The van der Waals surface area contributed by atoms with Crippen molar-refractivity contribution in [3.8, 4) is 0 Å². The number of nitro benzene ring substituents is 1. The molecule has 0 radical (unpaired) electrons. The quantitative estimate of drug-likeness (QED) is 0.657. The summed E-state index contributed by atoms with van der Waals surface area (Å²) in [5.74, 6) is 0. The van der Waals surface area contributed by atoms with Crippen LogP contribution >= 0.6 is 11.6 Å². The van der Waals surface area contributed by atoms with E-state index in [2.05, 4.69) is 24.4 Å². The van der Waals surface area contributed by atoms with Gasteiger partial charge in [0, 0.05) is 29.7 Å². The molecule has 0 fully saturated rings. The number of nitrogens with one attached hydrogen (secondary N) is 1. The smallest absolute Gasteiger partial charge is 0.269 e. The van der Waals surface area contributed by atoms with E-state index in [0.29, 0.717) is 11.6 Å². The number of hydrogen-bond donors (Lipinski definition) is 1. The van der Waals surface area contributed by atoms with Crippen LogP contribution in [0.5, 0.6) is 0 Å². The third-order valence-corrected chi connectivity index (χ3v) is 3.75. The summed E-state index contributed by atoms with van der Waals surface area (Å²) in [5.41, 5.74) is 3.16. The van der Waals surface area contributed by atoms with Crippen molar-refractivity contribution in [2.24, 2.45) is 0 Å². The number of hydrogen-bond acceptors (Lipinski definition) is 3. The molecule has 5 heteroatoms. The van der Waals surface area contributed by atoms with Gasteiger partial charge < -0.3 is 5.32 Å². The molecule has 0 unspecified atom stereocenters. The van der Waals surface area contributed by atoms with Gasteiger partial charge in [-0.1, -0.05) is 41.4 Å². The van der Waals surface area contributed by atoms with Crippen molar-refractivity contribution >= 4 is 17.3 Å². The zero-order valence-corrected chi connectivity index (χ0v) is 12.7. The van der Waals surface area contributed by atoms with E-state index >= 15 is 0 Å². The Morgan fingerprint density at radius 2 is 2.05 bits per heavy atom. The van der Waals surface area contributed by atoms with Gasteiger partial charge in [0.25, 0.3) is 5.69 Å². The molecule has 0 spiro atoms. The summed E-state index contributed by atoms with van der Waals surface area (Å²) in [7, 11) is 0. The van der Waals surface area contributed by atoms with E-state index in [9.17, 15) is 10.1 Å². The second kappa shape index (κ2) is 6.70. The first-order valence-electron chi connectivity index (χ1n) is 6.70. The van der Waals surface area contributed by atoms with E-state index in [1.165, 1.54) is 23.3 Å². The van der Waals surface area contributed by atoms with Crippen LogP contribution in [0.3, 0.4) is 0 Å². The van der Waals surface area contributed by atoms with Crippen molar-refractivity contribution in [2.75, 3.05) is 0 Å². The predicted octanol–water partition coefficient (Wildman–Crippen LogP) is 4.41. The molecular formula is C16H17ClN2O2. The van der Waals surface area contributed by atoms with Crippen LogP contribution in [0.4, 0.5) is 5.69 Å². The summed E-state index contributed by atoms with van der Waals surface area (Å²) < 4.78 is 0. The largest absolute Gasteiger partial charge is 0.306 e. The van der Waals surface area contributed by atoms with Gasteiger partial charge in [0.15, 0.2) is 0 Å². The standard InChI is InChI=1S/C16H17ClN2O2/c1-11-4-3-5-13(8-11)12(2)18-10-14-9-15(19(20)21)6-7-16(14)17/h3-9,12,18H,10H2,1-2H3/t12-/m0/s1. The maximum absolute atomic E-state index is 10.8. The van der Waals surface area contributed by atoms with E-state index in [1.807, 2.05) is 19.1 Å². The molecule has 2 aromatic rings. The maximum Gasteiger partial charge on any atom is 0.269 e. The summed E-state index contributed by atoms with van der Waals surface area (Å²) in [6.45, 7) is 4.59. The van der Waals surface area contributed by atoms with Gasteiger partial charge in [-0.25, -0.2) is 0 Å². The Morgan fingerprint density at radius 3 is 2.71 bits per heavy atom. The average Bonchev–Trinajstić information content (AvgIpc) is 2.45. The van der Waals surface area contributed by atoms with Crippen LogP contribution in [0, 0.1) is 17.0 Å². The number of aryl methyl sites for hydroxylation is 1. The normalized spacial score (nSPS) is 12.1. The van der Waals surface area contributed by atoms with Crippen molar-refractivity contribution < 1.29 is 4.92 Å². The number of nitrogens with zero attached hydrogens (tertiary/aromatic N) is 1. The molecule has 2 rings (SSSR count). The van der Waals surface area contributed by atoms with Crippen molar-refractivity contribution in [1.82, 2.24) is 5.32 Å². The lowest BCUT2D eigenvalue weighted by atomic mass is 10.1. The molecule has 1 atom stereocenters. The zero-order valence-electron chi connectivity index (χ0n) is 12.0. The molecule has 21 heavy (non-hydrogen) atoms. The van der Waals surface area contributed by atoms with Crippen LogP contribution < -0.4 is 5.32 Å². The highest BCUT2D eigenvalue weighted by molar-refractivity contribution is 6.31. The van der Waals surface area contributed by atoms with Crippen LogP contribution in [0.1, 0.15) is 29.7 Å². The number of nitro groups is 1. The fourth-order valence-corrected chi connectivity index (χ4v) is 2.31. The molecule has 110 valence electrons. The minimum atomic E-state index is -0.413. The highest BCUT2D eigenvalue weighted by atomic mass is 35.5. The van der Waals surface area contributed by atoms with Crippen LogP contribution in [0.15, 0.2) is 42.5 Å². The van der Waals surface area contributed by atoms with Gasteiger partial charge in [0.05, 0.1) is 4.92 Å². The summed E-state index contributed by atoms with van der Waals surface area (Å²) in [4.78, 5) is 10.4. The van der Waals surface area contributed by atoms with E-state index in [1.54, 1.807) is 6.07 Å². The zero-order chi connectivity index (χ0) is 15.4. The Bertz CT molecular complexity index is 658. The first-order valence-corrected chi connectivity index (χ1v) is 7.08. The molecule has 4 nitrogen and oxygen atoms in total. The van der Waals surface area contributed by atoms with Gasteiger partial charge in [0.2, 0.25) is 0 Å². The van der Waals surface area contributed by atoms with Crippen LogP contribution in [0.2, 0.25) is 5.02 Å². The fraction of sp³-hybridized carbons (Fsp3) is 0.250. The lowest BCUT2D eigenvalue weighted by Gasteiger charge is -2.15. The van der Waals surface area contributed by atoms with Crippen LogP contribution in [-0.4, -0.2) is 4.92 Å². The number of halogens is 1. The van der Waals surface area contributed by atoms with Crippen molar-refractivity contribution in [3.63, 3.8) is 0 Å². The minimum absolute atomic E-state index is 0.0550. The predicted molar refractivity (Wildman–Crippen MR) is 84.5 cm³/mol. The van der Waals surface area contributed by atoms with Gasteiger partial charge in [-0.05, 0) is 31.0 Å². The molecular weight excluding hydrogens is 288 g/mol. The molecule has 1 N–H and O–H groups in total. The first kappa shape index (κ1) is 15.5. The van der Waals surface area contributed by atoms with Crippen LogP contribution in [0.25, 0.3) is 0 Å². The van der Waals surface area contributed by atoms with Gasteiger partial charge in [-0.2, -0.15) is 0 Å². The average molecular weight is 305 g/mol. The third kappa shape index (κ3) is 4.03. The monoisotopic (exact) mass is 304 g/mol. The van der Waals surface area contributed by atoms with E-state index in [4.69, 9.17) is 11.6 Å². The Balaban J connectivity index is 2.09. The topological polar surface area (TPSA) is 55.2 Å². The molecule has 0 aliphatic carbocycles. The van der Waals surface area contributed by atoms with Gasteiger partial charge in [0.1, 0.15) is 0 Å². The lowest BCUT2D eigenvalue weighted by Crippen LogP contribution is -2.18. The van der Waals surface area contributed by atoms with Crippen molar-refractivity contribution in [2.45, 2.75) is 26.4 Å². The molecule has 0 amide bonds. The molecule has 0 heterocycles. The summed E-state index contributed by atoms with van der Waals surface area (Å²) >= 11 is 6.09. The third-order valence-electron chi connectivity index (χ3n) is 3.38. The number of rotatable bonds is 5. The molecule has 2 aromatic carbocycles. The van der Waals surface area contributed by atoms with Crippen molar-refractivity contribution in [1.29, 1.82) is 0 Å². The Kier molecular flexibility index (Phi) is 4.94. The Labute approximate surface area is 128 Å². The SMILES string of the molecule is Cc1cccc([C@H](C)NCc2cc([N+](=O)[O-])ccc2Cl)c1. The number of benzene rings is 2. The van der Waals surface area contributed by atoms with Gasteiger partial charge in [-0.3, -0.25) is 10.1 Å². The Hall–Kier alpha value is -1.91. The molecule has 0 bridgehead atoms. The van der Waals surface area contributed by atoms with E-state index < -0.39 is 4.92 Å². The van der Waals surface area contributed by atoms with Crippen molar-refractivity contribution in [3.05, 3.63) is 74.3 Å². The molecule has 0 aliphatic rings. The maximum atomic E-state index is 10.8. The first-order chi connectivity index (χ1) is 9.97. The van der Waals surface area contributed by atoms with E-state index in [0.717, 1.165) is 5.56 Å². The fourth-order valence-electron chi connectivity index (χ4n) is 2.13. The van der Waals surface area contributed by atoms with Gasteiger partial charge >= 0.3 is 0 Å². The number of non-ortho nitro benzene ring substituents is 1. The second-order valence-electron chi connectivity index (χ2n) is 5.05. The molecule has 0 aromatic heterocycles. The highest BCUT2D eigenvalue weighted by Crippen LogP contribution is 2.23. The summed E-state index contributed by atoms with van der Waals surface area (Å²) in [6, 6.07) is 12.9. The minimum Gasteiger partial charge on any atom is -0.306 e. The van der Waals surface area contributed by atoms with Gasteiger partial charge in [-0.15, -0.1) is 0 Å². The highest BCUT2D eigenvalue weighted by Gasteiger charge is 2.11. The second-order valence-corrected chi connectivity index (χ2v) is 5.46. The molecule has 0 aliphatic heterocycles. The summed E-state index contributed by atoms with van der Waals surface area (Å²) in [6.07, 6.45) is 0. The van der Waals surface area contributed by atoms with E-state index in [-0.39, 0.29) is 11.7 Å². The lowest BCUT2D eigenvalue weighted by molar-refractivity contribution is -0.384. The molecule has 0 saturated heterocycles. The molecule has 0 saturated carbocycles.